The predicted octanol–water partition coefficient (Wildman–Crippen LogP) is 2.94. The number of piperidine rings is 1. The van der Waals surface area contributed by atoms with Gasteiger partial charge in [0, 0.05) is 25.9 Å². The third-order valence-corrected chi connectivity index (χ3v) is 4.33. The van der Waals surface area contributed by atoms with Crippen LogP contribution >= 0.6 is 34.2 Å². The predicted molar refractivity (Wildman–Crippen MR) is 78.6 cm³/mol. The molecular formula is C12H16ClIN2O. The van der Waals surface area contributed by atoms with E-state index >= 15 is 0 Å². The van der Waals surface area contributed by atoms with Gasteiger partial charge in [-0.05, 0) is 53.8 Å². The van der Waals surface area contributed by atoms with E-state index in [2.05, 4.69) is 32.5 Å². The fraction of sp³-hybridized carbons (Fsp3) is 0.583. The Kier molecular flexibility index (Phi) is 4.87. The van der Waals surface area contributed by atoms with Gasteiger partial charge in [-0.2, -0.15) is 0 Å². The van der Waals surface area contributed by atoms with E-state index in [4.69, 9.17) is 16.7 Å². The monoisotopic (exact) mass is 366 g/mol. The van der Waals surface area contributed by atoms with Gasteiger partial charge in [0.05, 0.1) is 9.26 Å². The fourth-order valence-electron chi connectivity index (χ4n) is 2.29. The summed E-state index contributed by atoms with van der Waals surface area (Å²) in [5.74, 6) is 0.672. The van der Waals surface area contributed by atoms with Crippen LogP contribution in [0, 0.1) is 9.49 Å². The Hall–Kier alpha value is -0.0700. The van der Waals surface area contributed by atoms with Crippen molar-refractivity contribution in [1.82, 2.24) is 4.98 Å². The number of aliphatic hydroxyl groups is 1. The minimum absolute atomic E-state index is 0.309. The first-order valence-electron chi connectivity index (χ1n) is 5.87. The minimum atomic E-state index is 0.309. The first kappa shape index (κ1) is 13.4. The highest BCUT2D eigenvalue weighted by atomic mass is 127. The first-order valence-corrected chi connectivity index (χ1v) is 7.33. The van der Waals surface area contributed by atoms with Gasteiger partial charge in [-0.15, -0.1) is 0 Å². The number of rotatable bonds is 3. The normalized spacial score (nSPS) is 17.5. The lowest BCUT2D eigenvalue weighted by atomic mass is 9.94. The molecular weight excluding hydrogens is 351 g/mol. The lowest BCUT2D eigenvalue weighted by Gasteiger charge is -2.34. The second-order valence-electron chi connectivity index (χ2n) is 4.40. The number of halogens is 2. The van der Waals surface area contributed by atoms with Crippen molar-refractivity contribution in [2.24, 2.45) is 5.92 Å². The van der Waals surface area contributed by atoms with Crippen LogP contribution in [0.3, 0.4) is 0 Å². The van der Waals surface area contributed by atoms with E-state index in [0.29, 0.717) is 17.7 Å². The molecule has 1 aromatic rings. The minimum Gasteiger partial charge on any atom is -0.396 e. The van der Waals surface area contributed by atoms with Gasteiger partial charge in [0.15, 0.2) is 0 Å². The molecule has 0 aromatic carbocycles. The molecule has 2 heterocycles. The van der Waals surface area contributed by atoms with Gasteiger partial charge >= 0.3 is 0 Å². The van der Waals surface area contributed by atoms with Gasteiger partial charge in [0.1, 0.15) is 5.15 Å². The van der Waals surface area contributed by atoms with Gasteiger partial charge in [0.2, 0.25) is 0 Å². The third kappa shape index (κ3) is 3.45. The van der Waals surface area contributed by atoms with E-state index in [0.717, 1.165) is 35.9 Å². The highest BCUT2D eigenvalue weighted by molar-refractivity contribution is 14.1. The van der Waals surface area contributed by atoms with Crippen LogP contribution in [0.1, 0.15) is 19.3 Å². The summed E-state index contributed by atoms with van der Waals surface area (Å²) in [6.45, 7) is 2.39. The molecule has 2 rings (SSSR count). The highest BCUT2D eigenvalue weighted by Gasteiger charge is 2.20. The standard InChI is InChI=1S/C12H16ClIN2O/c13-12-7-11(10(14)8-15-12)16-4-1-9(2-5-16)3-6-17/h7-9,17H,1-6H2. The van der Waals surface area contributed by atoms with Gasteiger partial charge in [0.25, 0.3) is 0 Å². The Morgan fingerprint density at radius 3 is 2.82 bits per heavy atom. The number of anilines is 1. The van der Waals surface area contributed by atoms with Crippen LogP contribution < -0.4 is 4.90 Å². The molecule has 94 valence electrons. The van der Waals surface area contributed by atoms with Gasteiger partial charge in [-0.25, -0.2) is 4.98 Å². The van der Waals surface area contributed by atoms with Crippen molar-refractivity contribution in [2.75, 3.05) is 24.6 Å². The molecule has 0 saturated carbocycles. The van der Waals surface area contributed by atoms with Crippen LogP contribution in [0.15, 0.2) is 12.3 Å². The zero-order valence-electron chi connectivity index (χ0n) is 9.57. The van der Waals surface area contributed by atoms with Crippen molar-refractivity contribution in [3.63, 3.8) is 0 Å². The van der Waals surface area contributed by atoms with Gasteiger partial charge in [-0.3, -0.25) is 0 Å². The fourth-order valence-corrected chi connectivity index (χ4v) is 3.08. The summed E-state index contributed by atoms with van der Waals surface area (Å²) in [5, 5.41) is 9.50. The van der Waals surface area contributed by atoms with Crippen molar-refractivity contribution >= 4 is 39.9 Å². The molecule has 1 saturated heterocycles. The number of hydrogen-bond donors (Lipinski definition) is 1. The Labute approximate surface area is 120 Å². The summed E-state index contributed by atoms with van der Waals surface area (Å²) < 4.78 is 1.15. The molecule has 0 aliphatic carbocycles. The molecule has 1 aliphatic rings. The Morgan fingerprint density at radius 2 is 2.18 bits per heavy atom. The zero-order valence-corrected chi connectivity index (χ0v) is 12.5. The zero-order chi connectivity index (χ0) is 12.3. The summed E-state index contributed by atoms with van der Waals surface area (Å²) >= 11 is 8.24. The first-order chi connectivity index (χ1) is 8.20. The number of aromatic nitrogens is 1. The Bertz CT molecular complexity index is 381. The van der Waals surface area contributed by atoms with Crippen LogP contribution in [-0.4, -0.2) is 29.8 Å². The number of nitrogens with zero attached hydrogens (tertiary/aromatic N) is 2. The molecule has 1 fully saturated rings. The number of hydrogen-bond acceptors (Lipinski definition) is 3. The van der Waals surface area contributed by atoms with E-state index < -0.39 is 0 Å². The van der Waals surface area contributed by atoms with Crippen LogP contribution in [0.5, 0.6) is 0 Å². The molecule has 0 unspecified atom stereocenters. The topological polar surface area (TPSA) is 36.4 Å². The second-order valence-corrected chi connectivity index (χ2v) is 5.95. The highest BCUT2D eigenvalue weighted by Crippen LogP contribution is 2.29. The Morgan fingerprint density at radius 1 is 1.47 bits per heavy atom. The molecule has 17 heavy (non-hydrogen) atoms. The molecule has 5 heteroatoms. The van der Waals surface area contributed by atoms with Crippen LogP contribution in [0.2, 0.25) is 5.15 Å². The molecule has 0 atom stereocenters. The van der Waals surface area contributed by atoms with E-state index in [9.17, 15) is 0 Å². The smallest absolute Gasteiger partial charge is 0.131 e. The van der Waals surface area contributed by atoms with Crippen molar-refractivity contribution in [2.45, 2.75) is 19.3 Å². The number of pyridine rings is 1. The SMILES string of the molecule is OCCC1CCN(c2cc(Cl)ncc2I)CC1. The van der Waals surface area contributed by atoms with E-state index in [-0.39, 0.29) is 0 Å². The summed E-state index contributed by atoms with van der Waals surface area (Å²) in [7, 11) is 0. The average Bonchev–Trinajstić information content (AvgIpc) is 2.34. The maximum Gasteiger partial charge on any atom is 0.131 e. The van der Waals surface area contributed by atoms with Crippen LogP contribution in [0.25, 0.3) is 0 Å². The summed E-state index contributed by atoms with van der Waals surface area (Å²) in [6.07, 6.45) is 5.05. The van der Waals surface area contributed by atoms with Crippen LogP contribution in [0.4, 0.5) is 5.69 Å². The van der Waals surface area contributed by atoms with Gasteiger partial charge in [-0.1, -0.05) is 11.6 Å². The molecule has 3 nitrogen and oxygen atoms in total. The van der Waals surface area contributed by atoms with E-state index in [1.165, 1.54) is 5.69 Å². The lowest BCUT2D eigenvalue weighted by molar-refractivity contribution is 0.240. The maximum atomic E-state index is 8.94. The van der Waals surface area contributed by atoms with Crippen molar-refractivity contribution < 1.29 is 5.11 Å². The lowest BCUT2D eigenvalue weighted by Crippen LogP contribution is -2.34. The summed E-state index contributed by atoms with van der Waals surface area (Å²) in [4.78, 5) is 6.44. The van der Waals surface area contributed by atoms with Crippen molar-refractivity contribution in [3.8, 4) is 0 Å². The molecule has 1 N–H and O–H groups in total. The quantitative estimate of drug-likeness (QED) is 0.660. The van der Waals surface area contributed by atoms with Gasteiger partial charge < -0.3 is 10.0 Å². The van der Waals surface area contributed by atoms with Crippen LogP contribution in [-0.2, 0) is 0 Å². The molecule has 0 spiro atoms. The molecule has 0 amide bonds. The molecule has 1 aliphatic heterocycles. The summed E-state index contributed by atoms with van der Waals surface area (Å²) in [5.41, 5.74) is 1.19. The summed E-state index contributed by atoms with van der Waals surface area (Å²) in [6, 6.07) is 1.94. The van der Waals surface area contributed by atoms with E-state index in [1.54, 1.807) is 0 Å². The second kappa shape index (κ2) is 6.20. The average molecular weight is 367 g/mol. The largest absolute Gasteiger partial charge is 0.396 e. The Balaban J connectivity index is 2.02. The molecule has 1 aromatic heterocycles. The molecule has 0 radical (unpaired) electrons. The number of aliphatic hydroxyl groups excluding tert-OH is 1. The third-order valence-electron chi connectivity index (χ3n) is 3.29. The van der Waals surface area contributed by atoms with E-state index in [1.807, 2.05) is 12.3 Å². The maximum absolute atomic E-state index is 8.94. The van der Waals surface area contributed by atoms with Crippen molar-refractivity contribution in [3.05, 3.63) is 21.0 Å². The van der Waals surface area contributed by atoms with Crippen molar-refractivity contribution in [1.29, 1.82) is 0 Å². The molecule has 0 bridgehead atoms.